The predicted molar refractivity (Wildman–Crippen MR) is 180 cm³/mol. The van der Waals surface area contributed by atoms with Gasteiger partial charge >= 0.3 is 0 Å². The zero-order valence-corrected chi connectivity index (χ0v) is 28.2. The molecule has 3 aliphatic heterocycles. The number of hydrogen-bond acceptors (Lipinski definition) is 7. The molecule has 0 aromatic heterocycles. The second kappa shape index (κ2) is 15.9. The summed E-state index contributed by atoms with van der Waals surface area (Å²) in [4.78, 5) is 59.1. The van der Waals surface area contributed by atoms with Gasteiger partial charge in [-0.3, -0.25) is 24.1 Å². The van der Waals surface area contributed by atoms with Crippen molar-refractivity contribution < 1.29 is 29.0 Å². The van der Waals surface area contributed by atoms with Gasteiger partial charge in [0.25, 0.3) is 0 Å². The van der Waals surface area contributed by atoms with Crippen LogP contribution in [0.3, 0.4) is 0 Å². The summed E-state index contributed by atoms with van der Waals surface area (Å²) in [5.74, 6) is -1.52. The number of aromatic hydroxyl groups is 1. The number of phenols is 1. The van der Waals surface area contributed by atoms with Gasteiger partial charge in [-0.05, 0) is 49.7 Å². The number of fused-ring (bicyclic) bond motifs is 7. The fourth-order valence-corrected chi connectivity index (χ4v) is 6.33. The summed E-state index contributed by atoms with van der Waals surface area (Å²) in [5, 5.41) is 19.3. The van der Waals surface area contributed by atoms with Gasteiger partial charge in [-0.2, -0.15) is 0 Å². The maximum atomic E-state index is 14.5. The second-order valence-corrected chi connectivity index (χ2v) is 12.9. The van der Waals surface area contributed by atoms with Crippen LogP contribution in [-0.4, -0.2) is 89.4 Å². The third-order valence-electron chi connectivity index (χ3n) is 9.37. The van der Waals surface area contributed by atoms with Gasteiger partial charge in [-0.15, -0.1) is 0 Å². The fourth-order valence-electron chi connectivity index (χ4n) is 6.33. The SMILES string of the molecule is CCC(C)C1NC(=O)C2C(CCN2C(=O)C(Cc2ccccc2)NC(=O)C(C(C)CC)N(C)C)Oc2ccc(c(O)c2)C=CNC1=O. The largest absolute Gasteiger partial charge is 0.507 e. The molecule has 7 atom stereocenters. The molecule has 2 aromatic carbocycles. The lowest BCUT2D eigenvalue weighted by molar-refractivity contribution is -0.144. The molecule has 0 saturated carbocycles. The van der Waals surface area contributed by atoms with Crippen LogP contribution in [0.2, 0.25) is 0 Å². The zero-order chi connectivity index (χ0) is 34.2. The highest BCUT2D eigenvalue weighted by atomic mass is 16.5. The first kappa shape index (κ1) is 35.5. The Balaban J connectivity index is 1.72. The predicted octanol–water partition coefficient (Wildman–Crippen LogP) is 3.08. The summed E-state index contributed by atoms with van der Waals surface area (Å²) in [6.07, 6.45) is 4.17. The van der Waals surface area contributed by atoms with E-state index in [1.807, 2.05) is 77.0 Å². The Hall–Kier alpha value is -4.38. The van der Waals surface area contributed by atoms with Crippen molar-refractivity contribution in [3.8, 4) is 11.5 Å². The van der Waals surface area contributed by atoms with Crippen LogP contribution < -0.4 is 20.7 Å². The number of amides is 4. The molecule has 1 saturated heterocycles. The first-order chi connectivity index (χ1) is 22.4. The van der Waals surface area contributed by atoms with Crippen molar-refractivity contribution in [2.24, 2.45) is 11.8 Å². The minimum atomic E-state index is -1.10. The molecule has 254 valence electrons. The van der Waals surface area contributed by atoms with E-state index in [0.717, 1.165) is 12.0 Å². The van der Waals surface area contributed by atoms with E-state index in [1.54, 1.807) is 18.2 Å². The second-order valence-electron chi connectivity index (χ2n) is 12.9. The number of rotatable bonds is 10. The lowest BCUT2D eigenvalue weighted by Gasteiger charge is -2.34. The number of carbonyl (C=O) groups is 4. The number of hydrogen-bond donors (Lipinski definition) is 4. The lowest BCUT2D eigenvalue weighted by atomic mass is 9.96. The van der Waals surface area contributed by atoms with Gasteiger partial charge in [-0.25, -0.2) is 0 Å². The Morgan fingerprint density at radius 1 is 1.06 bits per heavy atom. The Bertz CT molecular complexity index is 1450. The number of likely N-dealkylation sites (N-methyl/N-ethyl adjacent to an activating group) is 1. The molecule has 4 amide bonds. The lowest BCUT2D eigenvalue weighted by Crippen LogP contribution is -2.61. The first-order valence-corrected chi connectivity index (χ1v) is 16.5. The fraction of sp³-hybridized carbons (Fsp3) is 0.500. The van der Waals surface area contributed by atoms with E-state index in [9.17, 15) is 24.3 Å². The van der Waals surface area contributed by atoms with Crippen molar-refractivity contribution in [3.63, 3.8) is 0 Å². The summed E-state index contributed by atoms with van der Waals surface area (Å²) in [7, 11) is 3.69. The normalized spacial score (nSPS) is 22.3. The number of benzene rings is 2. The molecule has 0 radical (unpaired) electrons. The van der Waals surface area contributed by atoms with Crippen LogP contribution >= 0.6 is 0 Å². The van der Waals surface area contributed by atoms with Gasteiger partial charge in [0.1, 0.15) is 35.7 Å². The van der Waals surface area contributed by atoms with Gasteiger partial charge < -0.3 is 30.7 Å². The van der Waals surface area contributed by atoms with Gasteiger partial charge in [-0.1, -0.05) is 70.9 Å². The highest BCUT2D eigenvalue weighted by Gasteiger charge is 2.47. The zero-order valence-electron chi connectivity index (χ0n) is 28.2. The quantitative estimate of drug-likeness (QED) is 0.311. The topological polar surface area (TPSA) is 140 Å². The molecule has 4 N–H and O–H groups in total. The van der Waals surface area contributed by atoms with Crippen LogP contribution in [0.25, 0.3) is 6.08 Å². The van der Waals surface area contributed by atoms with Crippen LogP contribution in [0, 0.1) is 11.8 Å². The molecule has 1 fully saturated rings. The van der Waals surface area contributed by atoms with Crippen LogP contribution in [-0.2, 0) is 25.6 Å². The van der Waals surface area contributed by atoms with E-state index >= 15 is 0 Å². The third-order valence-corrected chi connectivity index (χ3v) is 9.37. The van der Waals surface area contributed by atoms with E-state index in [0.29, 0.717) is 24.2 Å². The summed E-state index contributed by atoms with van der Waals surface area (Å²) < 4.78 is 6.28. The molecule has 0 aliphatic carbocycles. The van der Waals surface area contributed by atoms with E-state index in [-0.39, 0.29) is 36.5 Å². The maximum absolute atomic E-state index is 14.5. The molecule has 2 bridgehead atoms. The number of phenolic OH excluding ortho intramolecular Hbond substituents is 1. The summed E-state index contributed by atoms with van der Waals surface area (Å²) >= 11 is 0. The number of nitrogens with zero attached hydrogens (tertiary/aromatic N) is 2. The third kappa shape index (κ3) is 8.51. The molecule has 11 nitrogen and oxygen atoms in total. The minimum Gasteiger partial charge on any atom is -0.507 e. The van der Waals surface area contributed by atoms with E-state index in [2.05, 4.69) is 16.0 Å². The molecule has 0 spiro atoms. The summed E-state index contributed by atoms with van der Waals surface area (Å²) in [5.41, 5.74) is 1.34. The van der Waals surface area contributed by atoms with Gasteiger partial charge in [0.2, 0.25) is 23.6 Å². The molecule has 3 heterocycles. The van der Waals surface area contributed by atoms with Crippen molar-refractivity contribution in [1.82, 2.24) is 25.8 Å². The highest BCUT2D eigenvalue weighted by molar-refractivity contribution is 5.96. The van der Waals surface area contributed by atoms with Crippen molar-refractivity contribution in [1.29, 1.82) is 0 Å². The molecule has 2 aromatic rings. The molecule has 11 heteroatoms. The Kier molecular flexibility index (Phi) is 12.0. The Labute approximate surface area is 277 Å². The summed E-state index contributed by atoms with van der Waals surface area (Å²) in [6.45, 7) is 8.02. The van der Waals surface area contributed by atoms with Crippen LogP contribution in [0.1, 0.15) is 58.1 Å². The van der Waals surface area contributed by atoms with Crippen molar-refractivity contribution in [2.75, 3.05) is 20.6 Å². The van der Waals surface area contributed by atoms with Gasteiger partial charge in [0.05, 0.1) is 6.04 Å². The molecular formula is C36H49N5O6. The first-order valence-electron chi connectivity index (χ1n) is 16.5. The Morgan fingerprint density at radius 3 is 2.43 bits per heavy atom. The van der Waals surface area contributed by atoms with Crippen molar-refractivity contribution >= 4 is 29.7 Å². The monoisotopic (exact) mass is 647 g/mol. The van der Waals surface area contributed by atoms with Crippen molar-refractivity contribution in [3.05, 3.63) is 65.9 Å². The standard InChI is InChI=1S/C36H49N5O6/c1-7-22(3)30-33(43)37-18-16-25-14-15-26(21-28(25)42)47-29-17-19-41(32(29)35(45)39-30)36(46)27(20-24-12-10-9-11-13-24)38-34(44)31(40(5)6)23(4)8-2/h9-16,18,21-23,27,29-32,42H,7-8,17,19-20H2,1-6H3,(H,37,43)(H,38,44)(H,39,45). The number of ether oxygens (including phenoxy) is 1. The van der Waals surface area contributed by atoms with Gasteiger partial charge in [0.15, 0.2) is 0 Å². The van der Waals surface area contributed by atoms with E-state index in [4.69, 9.17) is 4.74 Å². The van der Waals surface area contributed by atoms with Gasteiger partial charge in [0, 0.05) is 37.2 Å². The molecule has 7 unspecified atom stereocenters. The molecular weight excluding hydrogens is 598 g/mol. The average Bonchev–Trinajstić information content (AvgIpc) is 3.46. The van der Waals surface area contributed by atoms with Crippen LogP contribution in [0.15, 0.2) is 54.7 Å². The Morgan fingerprint density at radius 2 is 1.79 bits per heavy atom. The number of likely N-dealkylation sites (tertiary alicyclic amines) is 1. The highest BCUT2D eigenvalue weighted by Crippen LogP contribution is 2.30. The number of nitrogens with one attached hydrogen (secondary N) is 3. The molecule has 3 aliphatic rings. The maximum Gasteiger partial charge on any atom is 0.247 e. The van der Waals surface area contributed by atoms with E-state index in [1.165, 1.54) is 17.2 Å². The minimum absolute atomic E-state index is 0.0358. The van der Waals surface area contributed by atoms with Crippen LogP contribution in [0.5, 0.6) is 11.5 Å². The van der Waals surface area contributed by atoms with Crippen molar-refractivity contribution in [2.45, 2.75) is 83.6 Å². The number of carbonyl (C=O) groups excluding carboxylic acids is 4. The van der Waals surface area contributed by atoms with Crippen LogP contribution in [0.4, 0.5) is 0 Å². The molecule has 47 heavy (non-hydrogen) atoms. The smallest absolute Gasteiger partial charge is 0.247 e. The van der Waals surface area contributed by atoms with E-state index < -0.39 is 48.0 Å². The average molecular weight is 648 g/mol. The summed E-state index contributed by atoms with van der Waals surface area (Å²) in [6, 6.07) is 10.8. The molecule has 5 rings (SSSR count).